The van der Waals surface area contributed by atoms with E-state index in [0.29, 0.717) is 29.5 Å². The van der Waals surface area contributed by atoms with Gasteiger partial charge >= 0.3 is 0 Å². The van der Waals surface area contributed by atoms with Crippen LogP contribution in [0.25, 0.3) is 0 Å². The molecule has 1 aromatic rings. The number of halogens is 1. The summed E-state index contributed by atoms with van der Waals surface area (Å²) in [6.45, 7) is 6.58. The van der Waals surface area contributed by atoms with Gasteiger partial charge in [-0.05, 0) is 12.8 Å². The fourth-order valence-corrected chi connectivity index (χ4v) is 2.02. The molecule has 0 aromatic carbocycles. The maximum atomic E-state index is 12.4. The molecule has 1 amide bonds. The summed E-state index contributed by atoms with van der Waals surface area (Å²) in [6.07, 6.45) is 0. The zero-order valence-electron chi connectivity index (χ0n) is 11.3. The van der Waals surface area contributed by atoms with Gasteiger partial charge in [0, 0.05) is 20.1 Å². The number of rotatable bonds is 5. The molecule has 0 fully saturated rings. The Bertz CT molecular complexity index is 429. The van der Waals surface area contributed by atoms with Gasteiger partial charge in [0.05, 0.1) is 17.9 Å². The normalized spacial score (nSPS) is 11.1. The Morgan fingerprint density at radius 2 is 2.17 bits per heavy atom. The van der Waals surface area contributed by atoms with Crippen LogP contribution in [0.2, 0.25) is 5.15 Å². The van der Waals surface area contributed by atoms with E-state index in [9.17, 15) is 4.79 Å². The highest BCUT2D eigenvalue weighted by atomic mass is 35.5. The van der Waals surface area contributed by atoms with Gasteiger partial charge in [-0.3, -0.25) is 9.48 Å². The van der Waals surface area contributed by atoms with Gasteiger partial charge in [0.15, 0.2) is 0 Å². The third kappa shape index (κ3) is 2.84. The minimum atomic E-state index is -0.173. The number of likely N-dealkylation sites (N-methyl/N-ethyl adjacent to an activating group) is 1. The highest BCUT2D eigenvalue weighted by Gasteiger charge is 2.26. The van der Waals surface area contributed by atoms with Crippen molar-refractivity contribution in [3.05, 3.63) is 16.4 Å². The molecule has 1 N–H and O–H groups in total. The van der Waals surface area contributed by atoms with Crippen molar-refractivity contribution in [2.45, 2.75) is 26.7 Å². The largest absolute Gasteiger partial charge is 0.395 e. The van der Waals surface area contributed by atoms with Crippen molar-refractivity contribution in [3.8, 4) is 0 Å². The van der Waals surface area contributed by atoms with Crippen LogP contribution in [0.4, 0.5) is 0 Å². The average Bonchev–Trinajstić information content (AvgIpc) is 2.62. The molecule has 0 aliphatic carbocycles. The van der Waals surface area contributed by atoms with E-state index in [1.54, 1.807) is 11.9 Å². The zero-order chi connectivity index (χ0) is 13.9. The lowest BCUT2D eigenvalue weighted by Crippen LogP contribution is -2.34. The molecule has 1 heterocycles. The van der Waals surface area contributed by atoms with E-state index in [1.807, 2.05) is 20.8 Å². The molecular formula is C12H20ClN3O2. The van der Waals surface area contributed by atoms with Gasteiger partial charge in [0.2, 0.25) is 0 Å². The number of hydrogen-bond donors (Lipinski definition) is 1. The van der Waals surface area contributed by atoms with Crippen molar-refractivity contribution in [2.75, 3.05) is 19.7 Å². The molecule has 0 spiro atoms. The smallest absolute Gasteiger partial charge is 0.258 e. The summed E-state index contributed by atoms with van der Waals surface area (Å²) in [4.78, 5) is 14.0. The minimum Gasteiger partial charge on any atom is -0.395 e. The fourth-order valence-electron chi connectivity index (χ4n) is 1.81. The predicted octanol–water partition coefficient (Wildman–Crippen LogP) is 1.65. The van der Waals surface area contributed by atoms with Gasteiger partial charge in [0.25, 0.3) is 5.91 Å². The summed E-state index contributed by atoms with van der Waals surface area (Å²) < 4.78 is 1.51. The molecule has 0 saturated heterocycles. The summed E-state index contributed by atoms with van der Waals surface area (Å²) in [5.41, 5.74) is 1.15. The number of carbonyl (C=O) groups excluding carboxylic acids is 1. The molecular weight excluding hydrogens is 254 g/mol. The van der Waals surface area contributed by atoms with Crippen LogP contribution in [0.1, 0.15) is 42.7 Å². The monoisotopic (exact) mass is 273 g/mol. The van der Waals surface area contributed by atoms with E-state index >= 15 is 0 Å². The van der Waals surface area contributed by atoms with E-state index in [-0.39, 0.29) is 18.4 Å². The molecule has 0 atom stereocenters. The maximum absolute atomic E-state index is 12.4. The standard InChI is InChI=1S/C12H20ClN3O2/c1-5-16(6-7-17)12(18)9-10(8(2)3)14-15(4)11(9)13/h8,17H,5-7H2,1-4H3. The second kappa shape index (κ2) is 6.20. The molecule has 0 saturated carbocycles. The number of aromatic nitrogens is 2. The summed E-state index contributed by atoms with van der Waals surface area (Å²) in [6, 6.07) is 0. The quantitative estimate of drug-likeness (QED) is 0.887. The Hall–Kier alpha value is -1.07. The second-order valence-electron chi connectivity index (χ2n) is 4.44. The summed E-state index contributed by atoms with van der Waals surface area (Å²) in [7, 11) is 1.72. The van der Waals surface area contributed by atoms with Gasteiger partial charge < -0.3 is 10.0 Å². The third-order valence-corrected chi connectivity index (χ3v) is 3.24. The van der Waals surface area contributed by atoms with Gasteiger partial charge in [-0.2, -0.15) is 5.10 Å². The van der Waals surface area contributed by atoms with E-state index in [0.717, 1.165) is 0 Å². The number of aryl methyl sites for hydroxylation is 1. The highest BCUT2D eigenvalue weighted by Crippen LogP contribution is 2.26. The fraction of sp³-hybridized carbons (Fsp3) is 0.667. The van der Waals surface area contributed by atoms with Crippen molar-refractivity contribution >= 4 is 17.5 Å². The van der Waals surface area contributed by atoms with Crippen molar-refractivity contribution in [1.29, 1.82) is 0 Å². The molecule has 102 valence electrons. The van der Waals surface area contributed by atoms with E-state index in [4.69, 9.17) is 16.7 Å². The van der Waals surface area contributed by atoms with Crippen LogP contribution in [-0.2, 0) is 7.05 Å². The van der Waals surface area contributed by atoms with Crippen molar-refractivity contribution in [2.24, 2.45) is 7.05 Å². The number of carbonyl (C=O) groups is 1. The lowest BCUT2D eigenvalue weighted by molar-refractivity contribution is 0.0730. The summed E-state index contributed by atoms with van der Waals surface area (Å²) in [5.74, 6) is -0.0520. The number of aliphatic hydroxyl groups is 1. The number of amides is 1. The maximum Gasteiger partial charge on any atom is 0.258 e. The second-order valence-corrected chi connectivity index (χ2v) is 4.80. The Kier molecular flexibility index (Phi) is 5.16. The Labute approximate surface area is 112 Å². The van der Waals surface area contributed by atoms with E-state index in [1.165, 1.54) is 4.68 Å². The van der Waals surface area contributed by atoms with Crippen LogP contribution in [0, 0.1) is 0 Å². The minimum absolute atomic E-state index is 0.0610. The Morgan fingerprint density at radius 3 is 2.61 bits per heavy atom. The van der Waals surface area contributed by atoms with Gasteiger partial charge in [0.1, 0.15) is 5.15 Å². The highest BCUT2D eigenvalue weighted by molar-refractivity contribution is 6.33. The number of hydrogen-bond acceptors (Lipinski definition) is 3. The molecule has 18 heavy (non-hydrogen) atoms. The molecule has 0 aliphatic heterocycles. The Balaban J connectivity index is 3.18. The average molecular weight is 274 g/mol. The number of aliphatic hydroxyl groups excluding tert-OH is 1. The molecule has 1 aromatic heterocycles. The summed E-state index contributed by atoms with van der Waals surface area (Å²) in [5, 5.41) is 13.6. The molecule has 0 unspecified atom stereocenters. The van der Waals surface area contributed by atoms with Crippen molar-refractivity contribution in [1.82, 2.24) is 14.7 Å². The SMILES string of the molecule is CCN(CCO)C(=O)c1c(C(C)C)nn(C)c1Cl. The van der Waals surface area contributed by atoms with Crippen LogP contribution in [0.3, 0.4) is 0 Å². The molecule has 5 nitrogen and oxygen atoms in total. The van der Waals surface area contributed by atoms with Gasteiger partial charge in [-0.25, -0.2) is 0 Å². The number of nitrogens with zero attached hydrogens (tertiary/aromatic N) is 3. The lowest BCUT2D eigenvalue weighted by Gasteiger charge is -2.20. The topological polar surface area (TPSA) is 58.4 Å². The van der Waals surface area contributed by atoms with E-state index in [2.05, 4.69) is 5.10 Å². The van der Waals surface area contributed by atoms with Crippen LogP contribution >= 0.6 is 11.6 Å². The lowest BCUT2D eigenvalue weighted by atomic mass is 10.1. The first-order valence-corrected chi connectivity index (χ1v) is 6.44. The third-order valence-electron chi connectivity index (χ3n) is 2.80. The summed E-state index contributed by atoms with van der Waals surface area (Å²) >= 11 is 6.14. The molecule has 1 rings (SSSR count). The van der Waals surface area contributed by atoms with Crippen molar-refractivity contribution < 1.29 is 9.90 Å². The molecule has 0 bridgehead atoms. The van der Waals surface area contributed by atoms with Crippen LogP contribution in [-0.4, -0.2) is 45.4 Å². The molecule has 0 aliphatic rings. The molecule has 6 heteroatoms. The zero-order valence-corrected chi connectivity index (χ0v) is 12.0. The first kappa shape index (κ1) is 15.0. The van der Waals surface area contributed by atoms with E-state index < -0.39 is 0 Å². The van der Waals surface area contributed by atoms with Crippen LogP contribution in [0.5, 0.6) is 0 Å². The first-order valence-electron chi connectivity index (χ1n) is 6.06. The van der Waals surface area contributed by atoms with Crippen LogP contribution in [0.15, 0.2) is 0 Å². The Morgan fingerprint density at radius 1 is 1.56 bits per heavy atom. The first-order chi connectivity index (χ1) is 8.43. The van der Waals surface area contributed by atoms with Gasteiger partial charge in [-0.1, -0.05) is 25.4 Å². The molecule has 0 radical (unpaired) electrons. The predicted molar refractivity (Wildman–Crippen MR) is 71.0 cm³/mol. The van der Waals surface area contributed by atoms with Crippen LogP contribution < -0.4 is 0 Å². The van der Waals surface area contributed by atoms with Gasteiger partial charge in [-0.15, -0.1) is 0 Å². The van der Waals surface area contributed by atoms with Crippen molar-refractivity contribution in [3.63, 3.8) is 0 Å².